The fourth-order valence-corrected chi connectivity index (χ4v) is 2.37. The van der Waals surface area contributed by atoms with E-state index in [0.717, 1.165) is 12.2 Å². The van der Waals surface area contributed by atoms with Crippen LogP contribution in [-0.4, -0.2) is 17.5 Å². The first-order valence-electron chi connectivity index (χ1n) is 6.16. The van der Waals surface area contributed by atoms with Gasteiger partial charge >= 0.3 is 0 Å². The van der Waals surface area contributed by atoms with Gasteiger partial charge in [-0.05, 0) is 44.0 Å². The average Bonchev–Trinajstić information content (AvgIpc) is 2.59. The lowest BCUT2D eigenvalue weighted by Crippen LogP contribution is -1.96. The average molecular weight is 245 g/mol. The summed E-state index contributed by atoms with van der Waals surface area (Å²) in [4.78, 5) is 11.2. The standard InChI is InChI=1S/C15H19NO2/c1-10(17)5-7-13-11(2)16(3)15-8-6-12(18-4)9-14(13)15/h6,8-9H,5,7H2,1-4H3. The van der Waals surface area contributed by atoms with Crippen molar-refractivity contribution in [2.75, 3.05) is 7.11 Å². The predicted molar refractivity (Wildman–Crippen MR) is 73.2 cm³/mol. The molecule has 1 aromatic carbocycles. The number of nitrogens with zero attached hydrogens (tertiary/aromatic N) is 1. The number of rotatable bonds is 4. The maximum Gasteiger partial charge on any atom is 0.130 e. The molecule has 0 spiro atoms. The van der Waals surface area contributed by atoms with Crippen LogP contribution in [0.25, 0.3) is 10.9 Å². The molecular weight excluding hydrogens is 226 g/mol. The van der Waals surface area contributed by atoms with E-state index in [1.54, 1.807) is 14.0 Å². The highest BCUT2D eigenvalue weighted by molar-refractivity contribution is 5.87. The number of ketones is 1. The summed E-state index contributed by atoms with van der Waals surface area (Å²) in [5.41, 5.74) is 3.66. The monoisotopic (exact) mass is 245 g/mol. The smallest absolute Gasteiger partial charge is 0.130 e. The molecule has 0 bridgehead atoms. The first-order chi connectivity index (χ1) is 8.54. The molecule has 18 heavy (non-hydrogen) atoms. The van der Waals surface area contributed by atoms with Crippen LogP contribution in [0.2, 0.25) is 0 Å². The highest BCUT2D eigenvalue weighted by Gasteiger charge is 2.13. The zero-order valence-corrected chi connectivity index (χ0v) is 11.4. The van der Waals surface area contributed by atoms with E-state index >= 15 is 0 Å². The van der Waals surface area contributed by atoms with E-state index in [-0.39, 0.29) is 5.78 Å². The summed E-state index contributed by atoms with van der Waals surface area (Å²) < 4.78 is 7.45. The first-order valence-corrected chi connectivity index (χ1v) is 6.16. The molecule has 0 amide bonds. The van der Waals surface area contributed by atoms with E-state index in [0.29, 0.717) is 6.42 Å². The minimum Gasteiger partial charge on any atom is -0.497 e. The lowest BCUT2D eigenvalue weighted by molar-refractivity contribution is -0.116. The van der Waals surface area contributed by atoms with Crippen LogP contribution in [-0.2, 0) is 18.3 Å². The van der Waals surface area contributed by atoms with Crippen molar-refractivity contribution in [3.8, 4) is 5.75 Å². The normalized spacial score (nSPS) is 10.9. The summed E-state index contributed by atoms with van der Waals surface area (Å²) in [6, 6.07) is 6.09. The van der Waals surface area contributed by atoms with E-state index in [1.165, 1.54) is 22.2 Å². The predicted octanol–water partition coefficient (Wildman–Crippen LogP) is 3.02. The van der Waals surface area contributed by atoms with Gasteiger partial charge in [-0.15, -0.1) is 0 Å². The van der Waals surface area contributed by atoms with Crippen LogP contribution in [0.15, 0.2) is 18.2 Å². The first kappa shape index (κ1) is 12.7. The van der Waals surface area contributed by atoms with E-state index in [9.17, 15) is 4.79 Å². The lowest BCUT2D eigenvalue weighted by atomic mass is 10.0. The zero-order valence-electron chi connectivity index (χ0n) is 11.4. The molecule has 1 heterocycles. The number of fused-ring (bicyclic) bond motifs is 1. The molecule has 0 aliphatic heterocycles. The summed E-state index contributed by atoms with van der Waals surface area (Å²) in [5, 5.41) is 1.19. The summed E-state index contributed by atoms with van der Waals surface area (Å²) in [7, 11) is 3.73. The third-order valence-corrected chi connectivity index (χ3v) is 3.56. The van der Waals surface area contributed by atoms with E-state index in [4.69, 9.17) is 4.74 Å². The number of hydrogen-bond acceptors (Lipinski definition) is 2. The van der Waals surface area contributed by atoms with Crippen LogP contribution in [0.1, 0.15) is 24.6 Å². The Hall–Kier alpha value is -1.77. The Bertz CT molecular complexity index is 596. The Balaban J connectivity index is 2.55. The molecule has 0 N–H and O–H groups in total. The third kappa shape index (κ3) is 2.13. The minimum atomic E-state index is 0.231. The summed E-state index contributed by atoms with van der Waals surface area (Å²) in [5.74, 6) is 1.09. The molecular formula is C15H19NO2. The molecule has 96 valence electrons. The van der Waals surface area contributed by atoms with Gasteiger partial charge < -0.3 is 14.1 Å². The van der Waals surface area contributed by atoms with Crippen molar-refractivity contribution in [2.24, 2.45) is 7.05 Å². The van der Waals surface area contributed by atoms with Crippen molar-refractivity contribution in [1.29, 1.82) is 0 Å². The van der Waals surface area contributed by atoms with Gasteiger partial charge in [0.15, 0.2) is 0 Å². The summed E-state index contributed by atoms with van der Waals surface area (Å²) >= 11 is 0. The fraction of sp³-hybridized carbons (Fsp3) is 0.400. The Labute approximate surface area is 107 Å². The van der Waals surface area contributed by atoms with Gasteiger partial charge in [0.05, 0.1) is 7.11 Å². The largest absolute Gasteiger partial charge is 0.497 e. The van der Waals surface area contributed by atoms with Crippen molar-refractivity contribution >= 4 is 16.7 Å². The van der Waals surface area contributed by atoms with E-state index < -0.39 is 0 Å². The molecule has 2 aromatic rings. The lowest BCUT2D eigenvalue weighted by Gasteiger charge is -2.02. The molecule has 3 heteroatoms. The number of carbonyl (C=O) groups is 1. The molecule has 0 unspecified atom stereocenters. The van der Waals surface area contributed by atoms with Crippen LogP contribution in [0.5, 0.6) is 5.75 Å². The second-order valence-electron chi connectivity index (χ2n) is 4.71. The number of aromatic nitrogens is 1. The Morgan fingerprint density at radius 1 is 1.39 bits per heavy atom. The molecule has 0 saturated heterocycles. The van der Waals surface area contributed by atoms with Gasteiger partial charge in [0, 0.05) is 30.1 Å². The zero-order chi connectivity index (χ0) is 13.3. The van der Waals surface area contributed by atoms with Gasteiger partial charge in [0.25, 0.3) is 0 Å². The molecule has 0 fully saturated rings. The number of methoxy groups -OCH3 is 1. The molecule has 0 saturated carbocycles. The molecule has 0 aliphatic rings. The molecule has 2 rings (SSSR count). The van der Waals surface area contributed by atoms with Crippen molar-refractivity contribution in [3.63, 3.8) is 0 Å². The van der Waals surface area contributed by atoms with Crippen LogP contribution in [0.4, 0.5) is 0 Å². The molecule has 1 aromatic heterocycles. The third-order valence-electron chi connectivity index (χ3n) is 3.56. The fourth-order valence-electron chi connectivity index (χ4n) is 2.37. The van der Waals surface area contributed by atoms with Gasteiger partial charge in [-0.1, -0.05) is 0 Å². The van der Waals surface area contributed by atoms with Crippen molar-refractivity contribution < 1.29 is 9.53 Å². The number of hydrogen-bond donors (Lipinski definition) is 0. The number of aryl methyl sites for hydroxylation is 2. The molecule has 0 aliphatic carbocycles. The number of ether oxygens (including phenoxy) is 1. The summed E-state index contributed by atoms with van der Waals surface area (Å²) in [6.07, 6.45) is 1.39. The number of benzene rings is 1. The molecule has 0 radical (unpaired) electrons. The van der Waals surface area contributed by atoms with Crippen molar-refractivity contribution in [3.05, 3.63) is 29.5 Å². The van der Waals surface area contributed by atoms with Gasteiger partial charge in [0.2, 0.25) is 0 Å². The van der Waals surface area contributed by atoms with Gasteiger partial charge in [-0.3, -0.25) is 0 Å². The maximum atomic E-state index is 11.2. The number of carbonyl (C=O) groups excluding carboxylic acids is 1. The van der Waals surface area contributed by atoms with Crippen LogP contribution >= 0.6 is 0 Å². The van der Waals surface area contributed by atoms with Crippen molar-refractivity contribution in [2.45, 2.75) is 26.7 Å². The Morgan fingerprint density at radius 3 is 2.72 bits per heavy atom. The Kier molecular flexibility index (Phi) is 3.41. The van der Waals surface area contributed by atoms with Crippen LogP contribution in [0.3, 0.4) is 0 Å². The highest BCUT2D eigenvalue weighted by atomic mass is 16.5. The second kappa shape index (κ2) is 4.84. The van der Waals surface area contributed by atoms with Crippen LogP contribution < -0.4 is 4.74 Å². The topological polar surface area (TPSA) is 31.2 Å². The quantitative estimate of drug-likeness (QED) is 0.829. The maximum absolute atomic E-state index is 11.2. The van der Waals surface area contributed by atoms with E-state index in [1.807, 2.05) is 6.07 Å². The Morgan fingerprint density at radius 2 is 2.11 bits per heavy atom. The van der Waals surface area contributed by atoms with E-state index in [2.05, 4.69) is 30.7 Å². The van der Waals surface area contributed by atoms with Gasteiger partial charge in [-0.2, -0.15) is 0 Å². The SMILES string of the molecule is COc1ccc2c(c1)c(CCC(C)=O)c(C)n2C. The highest BCUT2D eigenvalue weighted by Crippen LogP contribution is 2.29. The second-order valence-corrected chi connectivity index (χ2v) is 4.71. The van der Waals surface area contributed by atoms with Gasteiger partial charge in [-0.25, -0.2) is 0 Å². The van der Waals surface area contributed by atoms with Gasteiger partial charge in [0.1, 0.15) is 11.5 Å². The summed E-state index contributed by atoms with van der Waals surface area (Å²) in [6.45, 7) is 3.74. The minimum absolute atomic E-state index is 0.231. The van der Waals surface area contributed by atoms with Crippen LogP contribution in [0, 0.1) is 6.92 Å². The number of Topliss-reactive ketones (excluding diaryl/α,β-unsaturated/α-hetero) is 1. The van der Waals surface area contributed by atoms with Crippen molar-refractivity contribution in [1.82, 2.24) is 4.57 Å². The molecule has 3 nitrogen and oxygen atoms in total. The molecule has 0 atom stereocenters.